The number of hydrogen-bond acceptors (Lipinski definition) is 5. The fourth-order valence-corrected chi connectivity index (χ4v) is 3.01. The summed E-state index contributed by atoms with van der Waals surface area (Å²) in [6, 6.07) is 8.27. The van der Waals surface area contributed by atoms with Crippen LogP contribution in [0.3, 0.4) is 0 Å². The third-order valence-corrected chi connectivity index (χ3v) is 4.19. The molecule has 0 atom stereocenters. The molecule has 3 rings (SSSR count). The number of benzene rings is 2. The Balaban J connectivity index is 1.78. The number of nitrogens with zero attached hydrogens (tertiary/aromatic N) is 4. The number of azide groups is 1. The van der Waals surface area contributed by atoms with E-state index >= 15 is 0 Å². The number of ether oxygens (including phenoxy) is 2. The van der Waals surface area contributed by atoms with E-state index in [0.29, 0.717) is 47.4 Å². The lowest BCUT2D eigenvalue weighted by Crippen LogP contribution is -2.42. The molecule has 0 unspecified atom stereocenters. The number of carbonyl (C=O) groups excluding carboxylic acids is 2. The Kier molecular flexibility index (Phi) is 5.83. The lowest BCUT2D eigenvalue weighted by Gasteiger charge is -2.27. The molecule has 0 fully saturated rings. The number of amides is 2. The van der Waals surface area contributed by atoms with Crippen LogP contribution in [0.5, 0.6) is 0 Å². The van der Waals surface area contributed by atoms with E-state index in [9.17, 15) is 9.59 Å². The molecule has 2 amide bonds. The minimum atomic E-state index is -0.386. The first-order chi connectivity index (χ1) is 13.2. The third kappa shape index (κ3) is 3.68. The van der Waals surface area contributed by atoms with E-state index in [4.69, 9.17) is 15.0 Å². The van der Waals surface area contributed by atoms with Gasteiger partial charge in [0.15, 0.2) is 0 Å². The fourth-order valence-electron chi connectivity index (χ4n) is 3.01. The molecule has 0 aromatic heterocycles. The zero-order valence-electron chi connectivity index (χ0n) is 14.6. The summed E-state index contributed by atoms with van der Waals surface area (Å²) in [5.41, 5.74) is 9.91. The second kappa shape index (κ2) is 8.46. The van der Waals surface area contributed by atoms with Crippen molar-refractivity contribution >= 4 is 28.3 Å². The minimum Gasteiger partial charge on any atom is -0.377 e. The van der Waals surface area contributed by atoms with Gasteiger partial charge in [-0.2, -0.15) is 0 Å². The minimum absolute atomic E-state index is 0.146. The first-order valence-electron chi connectivity index (χ1n) is 8.42. The summed E-state index contributed by atoms with van der Waals surface area (Å²) in [7, 11) is 0. The highest BCUT2D eigenvalue weighted by Gasteiger charge is 2.32. The van der Waals surface area contributed by atoms with Gasteiger partial charge in [-0.1, -0.05) is 29.4 Å². The molecule has 2 aromatic carbocycles. The van der Waals surface area contributed by atoms with Crippen LogP contribution in [0.1, 0.15) is 20.7 Å². The van der Waals surface area contributed by atoms with Crippen LogP contribution in [0.25, 0.3) is 21.2 Å². The molecule has 1 aliphatic heterocycles. The zero-order valence-corrected chi connectivity index (χ0v) is 14.6. The monoisotopic (exact) mass is 366 g/mol. The third-order valence-electron chi connectivity index (χ3n) is 4.19. The van der Waals surface area contributed by atoms with Crippen LogP contribution in [0.2, 0.25) is 0 Å². The Morgan fingerprint density at radius 3 is 2.56 bits per heavy atom. The van der Waals surface area contributed by atoms with Crippen molar-refractivity contribution in [2.24, 2.45) is 5.11 Å². The molecular weight excluding hydrogens is 348 g/mol. The maximum absolute atomic E-state index is 12.8. The maximum Gasteiger partial charge on any atom is 0.261 e. The van der Waals surface area contributed by atoms with Gasteiger partial charge in [0.05, 0.1) is 33.0 Å². The molecule has 2 aromatic rings. The Bertz CT molecular complexity index is 928. The van der Waals surface area contributed by atoms with Crippen molar-refractivity contribution in [1.29, 1.82) is 0 Å². The molecule has 8 nitrogen and oxygen atoms in total. The van der Waals surface area contributed by atoms with Gasteiger partial charge in [-0.25, -0.2) is 0 Å². The normalized spacial score (nSPS) is 13.0. The van der Waals surface area contributed by atoms with Crippen LogP contribution in [-0.2, 0) is 9.47 Å². The van der Waals surface area contributed by atoms with Crippen LogP contribution < -0.4 is 0 Å². The van der Waals surface area contributed by atoms with Gasteiger partial charge >= 0.3 is 0 Å². The SMILES string of the molecule is C=CCOCCOCCN1C(=O)c2cccc3c(N=[N+]=[N-])ccc(c23)C1=O. The number of carbonyl (C=O) groups is 2. The number of rotatable bonds is 9. The van der Waals surface area contributed by atoms with Gasteiger partial charge in [-0.05, 0) is 23.1 Å². The predicted octanol–water partition coefficient (Wildman–Crippen LogP) is 3.60. The van der Waals surface area contributed by atoms with Crippen molar-refractivity contribution < 1.29 is 19.1 Å². The van der Waals surface area contributed by atoms with Crippen molar-refractivity contribution in [1.82, 2.24) is 4.90 Å². The summed E-state index contributed by atoms with van der Waals surface area (Å²) in [6.45, 7) is 5.15. The highest BCUT2D eigenvalue weighted by molar-refractivity contribution is 6.26. The average molecular weight is 366 g/mol. The summed E-state index contributed by atoms with van der Waals surface area (Å²) < 4.78 is 10.6. The first-order valence-corrected chi connectivity index (χ1v) is 8.42. The largest absolute Gasteiger partial charge is 0.377 e. The van der Waals surface area contributed by atoms with E-state index in [0.717, 1.165) is 0 Å². The van der Waals surface area contributed by atoms with Crippen LogP contribution in [-0.4, -0.2) is 49.7 Å². The van der Waals surface area contributed by atoms with Crippen LogP contribution in [0.4, 0.5) is 5.69 Å². The van der Waals surface area contributed by atoms with E-state index in [1.54, 1.807) is 36.4 Å². The fraction of sp³-hybridized carbons (Fsp3) is 0.263. The van der Waals surface area contributed by atoms with Gasteiger partial charge in [0, 0.05) is 27.1 Å². The Morgan fingerprint density at radius 2 is 1.81 bits per heavy atom. The zero-order chi connectivity index (χ0) is 19.2. The Labute approximate surface area is 155 Å². The lowest BCUT2D eigenvalue weighted by molar-refractivity contribution is 0.0388. The van der Waals surface area contributed by atoms with Crippen molar-refractivity contribution in [2.75, 3.05) is 33.0 Å². The molecule has 0 saturated carbocycles. The first kappa shape index (κ1) is 18.6. The maximum atomic E-state index is 12.8. The molecule has 138 valence electrons. The van der Waals surface area contributed by atoms with Gasteiger partial charge in [0.1, 0.15) is 0 Å². The van der Waals surface area contributed by atoms with Gasteiger partial charge < -0.3 is 9.47 Å². The van der Waals surface area contributed by atoms with Crippen molar-refractivity contribution in [3.05, 3.63) is 64.6 Å². The predicted molar refractivity (Wildman–Crippen MR) is 100.0 cm³/mol. The van der Waals surface area contributed by atoms with Crippen LogP contribution in [0.15, 0.2) is 48.1 Å². The topological polar surface area (TPSA) is 105 Å². The molecule has 0 radical (unpaired) electrons. The van der Waals surface area contributed by atoms with E-state index in [1.807, 2.05) is 0 Å². The second-order valence-electron chi connectivity index (χ2n) is 5.79. The molecular formula is C19H18N4O4. The quantitative estimate of drug-likeness (QED) is 0.169. The summed E-state index contributed by atoms with van der Waals surface area (Å²) in [4.78, 5) is 29.6. The summed E-state index contributed by atoms with van der Waals surface area (Å²) in [5, 5.41) is 4.75. The molecule has 8 heteroatoms. The molecule has 0 saturated heterocycles. The van der Waals surface area contributed by atoms with E-state index in [2.05, 4.69) is 16.6 Å². The van der Waals surface area contributed by atoms with Crippen molar-refractivity contribution in [3.8, 4) is 0 Å². The van der Waals surface area contributed by atoms with Crippen molar-refractivity contribution in [2.45, 2.75) is 0 Å². The Hall–Kier alpha value is -3.19. The molecule has 0 spiro atoms. The standard InChI is InChI=1S/C19H18N4O4/c1-2-9-26-11-12-27-10-8-23-18(24)14-5-3-4-13-16(21-22-20)7-6-15(17(13)14)19(23)25/h2-7H,1,8-12H2. The van der Waals surface area contributed by atoms with Crippen molar-refractivity contribution in [3.63, 3.8) is 0 Å². The highest BCUT2D eigenvalue weighted by Crippen LogP contribution is 2.35. The molecule has 1 heterocycles. The molecule has 0 N–H and O–H groups in total. The van der Waals surface area contributed by atoms with Gasteiger partial charge in [-0.15, -0.1) is 6.58 Å². The highest BCUT2D eigenvalue weighted by atomic mass is 16.5. The summed E-state index contributed by atoms with van der Waals surface area (Å²) in [6.07, 6.45) is 1.65. The Morgan fingerprint density at radius 1 is 1.07 bits per heavy atom. The van der Waals surface area contributed by atoms with Crippen LogP contribution in [0, 0.1) is 0 Å². The molecule has 0 aliphatic carbocycles. The van der Waals surface area contributed by atoms with Gasteiger partial charge in [0.2, 0.25) is 0 Å². The van der Waals surface area contributed by atoms with Gasteiger partial charge in [-0.3, -0.25) is 14.5 Å². The van der Waals surface area contributed by atoms with Crippen LogP contribution >= 0.6 is 0 Å². The number of hydrogen-bond donors (Lipinski definition) is 0. The average Bonchev–Trinajstić information content (AvgIpc) is 2.68. The molecule has 1 aliphatic rings. The molecule has 0 bridgehead atoms. The smallest absolute Gasteiger partial charge is 0.261 e. The van der Waals surface area contributed by atoms with E-state index in [-0.39, 0.29) is 25.0 Å². The van der Waals surface area contributed by atoms with E-state index in [1.165, 1.54) is 4.90 Å². The number of imide groups is 1. The van der Waals surface area contributed by atoms with Gasteiger partial charge in [0.25, 0.3) is 11.8 Å². The van der Waals surface area contributed by atoms with E-state index < -0.39 is 0 Å². The summed E-state index contributed by atoms with van der Waals surface area (Å²) in [5.74, 6) is -0.773. The lowest BCUT2D eigenvalue weighted by atomic mass is 9.93. The molecule has 27 heavy (non-hydrogen) atoms. The second-order valence-corrected chi connectivity index (χ2v) is 5.79. The summed E-state index contributed by atoms with van der Waals surface area (Å²) >= 11 is 0.